The number of amides is 4. The molecule has 12 nitrogen and oxygen atoms in total. The number of nitrogens with two attached hydrogens (primary N) is 2. The van der Waals surface area contributed by atoms with E-state index in [4.69, 9.17) is 16.6 Å². The molecule has 0 saturated carbocycles. The van der Waals surface area contributed by atoms with E-state index in [1.807, 2.05) is 0 Å². The Morgan fingerprint density at radius 2 is 1.58 bits per heavy atom. The maximum atomic E-state index is 12.3. The monoisotopic (exact) mass is 375 g/mol. The van der Waals surface area contributed by atoms with Gasteiger partial charge in [0.2, 0.25) is 23.6 Å². The highest BCUT2D eigenvalue weighted by molar-refractivity contribution is 5.93. The van der Waals surface area contributed by atoms with Crippen molar-refractivity contribution < 1.29 is 34.2 Å². The van der Waals surface area contributed by atoms with Gasteiger partial charge in [-0.2, -0.15) is 0 Å². The van der Waals surface area contributed by atoms with Crippen molar-refractivity contribution in [3.8, 4) is 0 Å². The van der Waals surface area contributed by atoms with Crippen LogP contribution in [0.25, 0.3) is 0 Å². The van der Waals surface area contributed by atoms with Crippen molar-refractivity contribution in [2.75, 3.05) is 6.54 Å². The van der Waals surface area contributed by atoms with Gasteiger partial charge in [0.15, 0.2) is 6.04 Å². The number of carbonyl (C=O) groups is 5. The molecule has 0 bridgehead atoms. The maximum Gasteiger partial charge on any atom is 0.328 e. The summed E-state index contributed by atoms with van der Waals surface area (Å²) in [5.41, 5.74) is 10.1. The molecule has 4 amide bonds. The van der Waals surface area contributed by atoms with Crippen LogP contribution < -0.4 is 27.4 Å². The van der Waals surface area contributed by atoms with Crippen LogP contribution in [0.2, 0.25) is 0 Å². The molecule has 9 N–H and O–H groups in total. The van der Waals surface area contributed by atoms with Crippen LogP contribution in [0, 0.1) is 0 Å². The number of primary amides is 1. The lowest BCUT2D eigenvalue weighted by molar-refractivity contribution is -0.145. The molecule has 4 unspecified atom stereocenters. The Hall–Kier alpha value is -2.73. The zero-order valence-corrected chi connectivity index (χ0v) is 14.5. The maximum absolute atomic E-state index is 12.3. The zero-order valence-electron chi connectivity index (χ0n) is 14.5. The van der Waals surface area contributed by atoms with Gasteiger partial charge in [-0.3, -0.25) is 19.2 Å². The van der Waals surface area contributed by atoms with E-state index in [1.165, 1.54) is 13.8 Å². The summed E-state index contributed by atoms with van der Waals surface area (Å²) in [4.78, 5) is 57.5. The predicted molar refractivity (Wildman–Crippen MR) is 88.3 cm³/mol. The average Bonchev–Trinajstić information content (AvgIpc) is 2.54. The van der Waals surface area contributed by atoms with Crippen LogP contribution in [0.15, 0.2) is 0 Å². The van der Waals surface area contributed by atoms with Crippen molar-refractivity contribution in [3.05, 3.63) is 0 Å². The normalized spacial score (nSPS) is 15.1. The highest BCUT2D eigenvalue weighted by Gasteiger charge is 2.30. The summed E-state index contributed by atoms with van der Waals surface area (Å²) in [5, 5.41) is 25.1. The molecule has 26 heavy (non-hydrogen) atoms. The van der Waals surface area contributed by atoms with Crippen molar-refractivity contribution in [1.29, 1.82) is 0 Å². The molecule has 0 aromatic heterocycles. The molecule has 0 aliphatic heterocycles. The van der Waals surface area contributed by atoms with Gasteiger partial charge in [-0.05, 0) is 20.3 Å². The van der Waals surface area contributed by atoms with Crippen LogP contribution in [0.4, 0.5) is 0 Å². The Bertz CT molecular complexity index is 552. The predicted octanol–water partition coefficient (Wildman–Crippen LogP) is -3.85. The van der Waals surface area contributed by atoms with E-state index in [2.05, 4.69) is 16.0 Å². The Morgan fingerprint density at radius 1 is 1.00 bits per heavy atom. The van der Waals surface area contributed by atoms with Crippen molar-refractivity contribution in [2.24, 2.45) is 11.5 Å². The number of carbonyl (C=O) groups excluding carboxylic acids is 4. The Morgan fingerprint density at radius 3 is 2.00 bits per heavy atom. The Balaban J connectivity index is 5.11. The molecule has 4 atom stereocenters. The molecule has 0 rings (SSSR count). The summed E-state index contributed by atoms with van der Waals surface area (Å²) in [6, 6.07) is -3.93. The molecule has 0 heterocycles. The second kappa shape index (κ2) is 11.0. The summed E-state index contributed by atoms with van der Waals surface area (Å²) < 4.78 is 0. The lowest BCUT2D eigenvalue weighted by Crippen LogP contribution is -2.57. The third kappa shape index (κ3) is 8.39. The topological polar surface area (TPSA) is 214 Å². The van der Waals surface area contributed by atoms with Gasteiger partial charge in [-0.25, -0.2) is 4.79 Å². The van der Waals surface area contributed by atoms with Gasteiger partial charge in [-0.15, -0.1) is 0 Å². The highest BCUT2D eigenvalue weighted by atomic mass is 16.4. The number of hydrogen-bond acceptors (Lipinski definition) is 7. The van der Waals surface area contributed by atoms with E-state index in [0.29, 0.717) is 0 Å². The van der Waals surface area contributed by atoms with E-state index in [9.17, 15) is 29.1 Å². The summed E-state index contributed by atoms with van der Waals surface area (Å²) in [6.07, 6.45) is -1.85. The Labute approximate surface area is 149 Å². The van der Waals surface area contributed by atoms with Crippen LogP contribution in [-0.2, 0) is 24.0 Å². The Kier molecular flexibility index (Phi) is 9.84. The summed E-state index contributed by atoms with van der Waals surface area (Å²) >= 11 is 0. The molecule has 0 aliphatic carbocycles. The first-order chi connectivity index (χ1) is 12.0. The first kappa shape index (κ1) is 23.3. The third-order valence-corrected chi connectivity index (χ3v) is 3.31. The minimum Gasteiger partial charge on any atom is -0.480 e. The SMILES string of the molecule is CC(NC(=O)CN)C(=O)NC(CCC(N)=O)C(=O)NC(C(=O)O)C(C)O. The standard InChI is InChI=1S/C14H25N5O7/c1-6(17-10(22)5-15)12(23)18-8(3-4-9(16)21)13(24)19-11(7(2)20)14(25)26/h6-8,11,20H,3-5,15H2,1-2H3,(H2,16,21)(H,17,22)(H,18,23)(H,19,24)(H,25,26). The highest BCUT2D eigenvalue weighted by Crippen LogP contribution is 2.02. The summed E-state index contributed by atoms with van der Waals surface area (Å²) in [7, 11) is 0. The van der Waals surface area contributed by atoms with Gasteiger partial charge in [-0.1, -0.05) is 0 Å². The number of carboxylic acids is 1. The number of aliphatic hydroxyl groups is 1. The largest absolute Gasteiger partial charge is 0.480 e. The van der Waals surface area contributed by atoms with Gasteiger partial charge >= 0.3 is 5.97 Å². The number of nitrogens with one attached hydrogen (secondary N) is 3. The second-order valence-electron chi connectivity index (χ2n) is 5.62. The zero-order chi connectivity index (χ0) is 20.4. The molecule has 12 heteroatoms. The number of carboxylic acid groups (broad SMARTS) is 1. The van der Waals surface area contributed by atoms with Crippen molar-refractivity contribution >= 4 is 29.6 Å². The quantitative estimate of drug-likeness (QED) is 0.189. The molecule has 148 valence electrons. The number of aliphatic carboxylic acids is 1. The molecule has 0 aromatic carbocycles. The minimum atomic E-state index is -1.61. The van der Waals surface area contributed by atoms with Gasteiger partial charge in [0, 0.05) is 6.42 Å². The van der Waals surface area contributed by atoms with Gasteiger partial charge in [0.05, 0.1) is 12.6 Å². The first-order valence-electron chi connectivity index (χ1n) is 7.78. The van der Waals surface area contributed by atoms with Crippen LogP contribution in [0.5, 0.6) is 0 Å². The number of aliphatic hydroxyl groups excluding tert-OH is 1. The van der Waals surface area contributed by atoms with Gasteiger partial charge in [0.1, 0.15) is 12.1 Å². The van der Waals surface area contributed by atoms with Crippen LogP contribution >= 0.6 is 0 Å². The smallest absolute Gasteiger partial charge is 0.328 e. The number of rotatable bonds is 11. The molecular formula is C14H25N5O7. The van der Waals surface area contributed by atoms with Crippen LogP contribution in [0.1, 0.15) is 26.7 Å². The molecule has 0 fully saturated rings. The van der Waals surface area contributed by atoms with E-state index in [-0.39, 0.29) is 19.4 Å². The number of hydrogen-bond donors (Lipinski definition) is 7. The lowest BCUT2D eigenvalue weighted by atomic mass is 10.1. The lowest BCUT2D eigenvalue weighted by Gasteiger charge is -2.24. The third-order valence-electron chi connectivity index (χ3n) is 3.31. The summed E-state index contributed by atoms with van der Waals surface area (Å²) in [6.45, 7) is 2.18. The van der Waals surface area contributed by atoms with E-state index < -0.39 is 53.8 Å². The first-order valence-corrected chi connectivity index (χ1v) is 7.78. The molecular weight excluding hydrogens is 350 g/mol. The fourth-order valence-electron chi connectivity index (χ4n) is 1.86. The molecule has 0 spiro atoms. The second-order valence-corrected chi connectivity index (χ2v) is 5.62. The van der Waals surface area contributed by atoms with Crippen LogP contribution in [-0.4, -0.2) is 70.6 Å². The molecule has 0 radical (unpaired) electrons. The van der Waals surface area contributed by atoms with Gasteiger partial charge in [0.25, 0.3) is 0 Å². The molecule has 0 aromatic rings. The van der Waals surface area contributed by atoms with Crippen molar-refractivity contribution in [1.82, 2.24) is 16.0 Å². The fraction of sp³-hybridized carbons (Fsp3) is 0.643. The molecule has 0 saturated heterocycles. The minimum absolute atomic E-state index is 0.198. The van der Waals surface area contributed by atoms with Crippen molar-refractivity contribution in [2.45, 2.75) is 50.9 Å². The van der Waals surface area contributed by atoms with Crippen LogP contribution in [0.3, 0.4) is 0 Å². The summed E-state index contributed by atoms with van der Waals surface area (Å²) in [5.74, 6) is -4.47. The van der Waals surface area contributed by atoms with E-state index in [0.717, 1.165) is 0 Å². The fourth-order valence-corrected chi connectivity index (χ4v) is 1.86. The van der Waals surface area contributed by atoms with E-state index in [1.54, 1.807) is 0 Å². The molecule has 0 aliphatic rings. The van der Waals surface area contributed by atoms with Crippen molar-refractivity contribution in [3.63, 3.8) is 0 Å². The average molecular weight is 375 g/mol. The van der Waals surface area contributed by atoms with Gasteiger partial charge < -0.3 is 37.6 Å². The van der Waals surface area contributed by atoms with E-state index >= 15 is 0 Å².